The number of hydrazine groups is 4. The topological polar surface area (TPSA) is 25.0 Å². The zero-order valence-electron chi connectivity index (χ0n) is 10.4. The van der Waals surface area contributed by atoms with Crippen molar-refractivity contribution >= 4 is 0 Å². The Kier molecular flexibility index (Phi) is 7.04. The van der Waals surface area contributed by atoms with E-state index in [4.69, 9.17) is 0 Å². The summed E-state index contributed by atoms with van der Waals surface area (Å²) in [4.78, 5) is 0. The third-order valence-corrected chi connectivity index (χ3v) is 2.30. The van der Waals surface area contributed by atoms with E-state index in [1.165, 1.54) is 0 Å². The molecule has 0 aromatic rings. The molecule has 0 spiro atoms. The van der Waals surface area contributed by atoms with Crippen molar-refractivity contribution in [3.8, 4) is 0 Å². The molecule has 0 heterocycles. The summed E-state index contributed by atoms with van der Waals surface area (Å²) in [5, 5.41) is 8.30. The molecule has 5 nitrogen and oxygen atoms in total. The third kappa shape index (κ3) is 4.34. The molecule has 0 saturated heterocycles. The van der Waals surface area contributed by atoms with Gasteiger partial charge >= 0.3 is 0 Å². The van der Waals surface area contributed by atoms with E-state index in [-0.39, 0.29) is 0 Å². The molecule has 0 aliphatic carbocycles. The summed E-state index contributed by atoms with van der Waals surface area (Å²) in [5.74, 6) is 0. The number of hydrogen-bond donors (Lipinski definition) is 1. The Morgan fingerprint density at radius 1 is 0.786 bits per heavy atom. The minimum atomic E-state index is 0.964. The van der Waals surface area contributed by atoms with Crippen LogP contribution in [-0.2, 0) is 0 Å². The van der Waals surface area contributed by atoms with Gasteiger partial charge < -0.3 is 0 Å². The summed E-state index contributed by atoms with van der Waals surface area (Å²) >= 11 is 0. The predicted molar refractivity (Wildman–Crippen MR) is 59.9 cm³/mol. The summed E-state index contributed by atoms with van der Waals surface area (Å²) in [6, 6.07) is 0. The molecular weight excluding hydrogens is 178 g/mol. The quantitative estimate of drug-likeness (QED) is 0.604. The molecule has 0 aromatic carbocycles. The third-order valence-electron chi connectivity index (χ3n) is 2.30. The molecule has 0 rings (SSSR count). The van der Waals surface area contributed by atoms with Gasteiger partial charge in [-0.05, 0) is 0 Å². The van der Waals surface area contributed by atoms with Crippen LogP contribution >= 0.6 is 0 Å². The highest BCUT2D eigenvalue weighted by molar-refractivity contribution is 4.42. The van der Waals surface area contributed by atoms with Gasteiger partial charge in [-0.2, -0.15) is 5.53 Å². The van der Waals surface area contributed by atoms with Gasteiger partial charge in [0.25, 0.3) is 0 Å². The maximum absolute atomic E-state index is 3.29. The van der Waals surface area contributed by atoms with E-state index in [9.17, 15) is 0 Å². The highest BCUT2D eigenvalue weighted by Crippen LogP contribution is 1.95. The van der Waals surface area contributed by atoms with Crippen molar-refractivity contribution in [1.82, 2.24) is 25.8 Å². The monoisotopic (exact) mass is 203 g/mol. The molecule has 0 aliphatic rings. The van der Waals surface area contributed by atoms with E-state index in [1.807, 2.05) is 17.3 Å². The Hall–Kier alpha value is -0.200. The fourth-order valence-corrected chi connectivity index (χ4v) is 0.905. The molecule has 0 atom stereocenters. The number of nitrogens with one attached hydrogen (secondary N) is 1. The van der Waals surface area contributed by atoms with Gasteiger partial charge in [-0.15, -0.1) is 0 Å². The maximum atomic E-state index is 3.29. The summed E-state index contributed by atoms with van der Waals surface area (Å²) in [6.07, 6.45) is 0. The Balaban J connectivity index is 4.23. The number of nitrogens with zero attached hydrogens (tertiary/aromatic N) is 4. The molecule has 0 amide bonds. The van der Waals surface area contributed by atoms with Gasteiger partial charge in [0.2, 0.25) is 0 Å². The van der Waals surface area contributed by atoms with Gasteiger partial charge in [0, 0.05) is 40.8 Å². The lowest BCUT2D eigenvalue weighted by atomic mass is 10.7. The Bertz CT molecular complexity index is 131. The molecule has 0 fully saturated rings. The SMILES string of the molecule is CCN(C)NN(N(C)CC)N(C)CC. The Morgan fingerprint density at radius 2 is 1.21 bits per heavy atom. The molecule has 0 aromatic heterocycles. The standard InChI is InChI=1S/C9H25N5/c1-7-11(4)10-14(12(5)8-2)13(6)9-3/h10H,7-9H2,1-6H3. The van der Waals surface area contributed by atoms with Crippen molar-refractivity contribution in [2.24, 2.45) is 0 Å². The molecule has 0 bridgehead atoms. The van der Waals surface area contributed by atoms with Gasteiger partial charge in [-0.3, -0.25) is 0 Å². The smallest absolute Gasteiger partial charge is 0.0129 e. The van der Waals surface area contributed by atoms with Crippen molar-refractivity contribution in [2.45, 2.75) is 20.8 Å². The van der Waals surface area contributed by atoms with Gasteiger partial charge in [0.15, 0.2) is 0 Å². The normalized spacial score (nSPS) is 12.4. The fourth-order valence-electron chi connectivity index (χ4n) is 0.905. The number of rotatable bonds is 7. The van der Waals surface area contributed by atoms with Crippen LogP contribution in [-0.4, -0.2) is 61.0 Å². The summed E-state index contributed by atoms with van der Waals surface area (Å²) in [6.45, 7) is 9.27. The van der Waals surface area contributed by atoms with Gasteiger partial charge in [0.05, 0.1) is 0 Å². The summed E-state index contributed by atoms with van der Waals surface area (Å²) < 4.78 is 0. The van der Waals surface area contributed by atoms with Crippen LogP contribution in [0.5, 0.6) is 0 Å². The van der Waals surface area contributed by atoms with Crippen LogP contribution in [0.25, 0.3) is 0 Å². The van der Waals surface area contributed by atoms with E-state index in [1.54, 1.807) is 0 Å². The van der Waals surface area contributed by atoms with Crippen molar-refractivity contribution in [3.05, 3.63) is 0 Å². The fraction of sp³-hybridized carbons (Fsp3) is 1.00. The molecule has 86 valence electrons. The van der Waals surface area contributed by atoms with Crippen LogP contribution in [0.2, 0.25) is 0 Å². The second-order valence-corrected chi connectivity index (χ2v) is 3.35. The van der Waals surface area contributed by atoms with Crippen molar-refractivity contribution < 1.29 is 0 Å². The Morgan fingerprint density at radius 3 is 1.50 bits per heavy atom. The minimum absolute atomic E-state index is 0.964. The molecule has 0 unspecified atom stereocenters. The summed E-state index contributed by atoms with van der Waals surface area (Å²) in [7, 11) is 6.14. The first-order chi connectivity index (χ1) is 6.56. The van der Waals surface area contributed by atoms with Gasteiger partial charge in [-0.25, -0.2) is 15.0 Å². The van der Waals surface area contributed by atoms with Gasteiger partial charge in [-0.1, -0.05) is 26.0 Å². The van der Waals surface area contributed by atoms with E-state index in [0.717, 1.165) is 19.6 Å². The molecule has 0 saturated carbocycles. The second kappa shape index (κ2) is 7.14. The Labute approximate surface area is 88.1 Å². The maximum Gasteiger partial charge on any atom is 0.0129 e. The lowest BCUT2D eigenvalue weighted by molar-refractivity contribution is -0.233. The minimum Gasteiger partial charge on any atom is -0.232 e. The lowest BCUT2D eigenvalue weighted by Crippen LogP contribution is -2.61. The molecule has 0 aliphatic heterocycles. The highest BCUT2D eigenvalue weighted by atomic mass is 16.0. The average Bonchev–Trinajstić information content (AvgIpc) is 2.23. The van der Waals surface area contributed by atoms with E-state index in [0.29, 0.717) is 0 Å². The largest absolute Gasteiger partial charge is 0.232 e. The van der Waals surface area contributed by atoms with E-state index >= 15 is 0 Å². The van der Waals surface area contributed by atoms with Crippen molar-refractivity contribution in [2.75, 3.05) is 40.8 Å². The lowest BCUT2D eigenvalue weighted by Gasteiger charge is -2.39. The zero-order valence-corrected chi connectivity index (χ0v) is 10.4. The first-order valence-corrected chi connectivity index (χ1v) is 5.26. The van der Waals surface area contributed by atoms with Crippen molar-refractivity contribution in [3.63, 3.8) is 0 Å². The van der Waals surface area contributed by atoms with Gasteiger partial charge in [0.1, 0.15) is 0 Å². The molecule has 1 N–H and O–H groups in total. The van der Waals surface area contributed by atoms with Crippen LogP contribution in [0.3, 0.4) is 0 Å². The zero-order chi connectivity index (χ0) is 11.1. The second-order valence-electron chi connectivity index (χ2n) is 3.35. The summed E-state index contributed by atoms with van der Waals surface area (Å²) in [5.41, 5.74) is 3.29. The number of hydrogen-bond acceptors (Lipinski definition) is 5. The first-order valence-electron chi connectivity index (χ1n) is 5.26. The van der Waals surface area contributed by atoms with Crippen LogP contribution in [0, 0.1) is 0 Å². The average molecular weight is 203 g/mol. The highest BCUT2D eigenvalue weighted by Gasteiger charge is 2.14. The first kappa shape index (κ1) is 13.8. The van der Waals surface area contributed by atoms with E-state index < -0.39 is 0 Å². The predicted octanol–water partition coefficient (Wildman–Crippen LogP) is 0.393. The van der Waals surface area contributed by atoms with Crippen molar-refractivity contribution in [1.29, 1.82) is 0 Å². The van der Waals surface area contributed by atoms with Crippen LogP contribution in [0.4, 0.5) is 0 Å². The molecule has 5 heteroatoms. The van der Waals surface area contributed by atoms with E-state index in [2.05, 4.69) is 50.4 Å². The molecule has 0 radical (unpaired) electrons. The molecular formula is C9H25N5. The van der Waals surface area contributed by atoms with Crippen LogP contribution in [0.15, 0.2) is 0 Å². The van der Waals surface area contributed by atoms with Crippen LogP contribution < -0.4 is 5.53 Å². The van der Waals surface area contributed by atoms with Crippen LogP contribution in [0.1, 0.15) is 20.8 Å². The molecule has 14 heavy (non-hydrogen) atoms.